The number of hydrogen-bond donors (Lipinski definition) is 0. The van der Waals surface area contributed by atoms with Crippen molar-refractivity contribution in [3.05, 3.63) is 53.4 Å². The second kappa shape index (κ2) is 8.27. The summed E-state index contributed by atoms with van der Waals surface area (Å²) in [6.45, 7) is 9.24. The van der Waals surface area contributed by atoms with E-state index in [0.717, 1.165) is 63.9 Å². The Morgan fingerprint density at radius 1 is 1.03 bits per heavy atom. The van der Waals surface area contributed by atoms with Gasteiger partial charge in [0.25, 0.3) is 0 Å². The van der Waals surface area contributed by atoms with Crippen LogP contribution in [0.3, 0.4) is 0 Å². The van der Waals surface area contributed by atoms with Crippen molar-refractivity contribution >= 4 is 32.8 Å². The molecule has 0 spiro atoms. The van der Waals surface area contributed by atoms with Gasteiger partial charge in [0.2, 0.25) is 0 Å². The van der Waals surface area contributed by atoms with Crippen molar-refractivity contribution in [2.75, 3.05) is 50.8 Å². The maximum Gasteiger partial charge on any atom is 0.147 e. The molecule has 1 aromatic carbocycles. The number of likely N-dealkylation sites (N-methyl/N-ethyl adjacent to an activating group) is 1. The fourth-order valence-corrected chi connectivity index (χ4v) is 5.14. The number of anilines is 1. The Labute approximate surface area is 176 Å². The topological polar surface area (TPSA) is 28.6 Å². The van der Waals surface area contributed by atoms with Gasteiger partial charge in [0, 0.05) is 31.7 Å². The molecule has 2 aliphatic heterocycles. The molecule has 0 unspecified atom stereocenters. The number of benzene rings is 1. The molecule has 2 aromatic heterocycles. The summed E-state index contributed by atoms with van der Waals surface area (Å²) in [5.74, 6) is 1.15. The molecule has 4 heterocycles. The van der Waals surface area contributed by atoms with Gasteiger partial charge in [0.1, 0.15) is 5.82 Å². The van der Waals surface area contributed by atoms with Crippen molar-refractivity contribution < 1.29 is 4.74 Å². The molecule has 0 radical (unpaired) electrons. The Morgan fingerprint density at radius 2 is 1.83 bits per heavy atom. The summed E-state index contributed by atoms with van der Waals surface area (Å²) in [4.78, 5) is 10.1. The van der Waals surface area contributed by atoms with Crippen molar-refractivity contribution in [1.82, 2.24) is 9.88 Å². The van der Waals surface area contributed by atoms with Crippen LogP contribution < -0.4 is 4.90 Å². The van der Waals surface area contributed by atoms with E-state index in [-0.39, 0.29) is 0 Å². The summed E-state index contributed by atoms with van der Waals surface area (Å²) < 4.78 is 6.75. The van der Waals surface area contributed by atoms with Crippen LogP contribution in [0.5, 0.6) is 0 Å². The van der Waals surface area contributed by atoms with Crippen LogP contribution in [0.15, 0.2) is 47.9 Å². The fraction of sp³-hybridized carbons (Fsp3) is 0.375. The molecule has 1 fully saturated rings. The Balaban J connectivity index is 1.47. The maximum atomic E-state index is 5.44. The van der Waals surface area contributed by atoms with Gasteiger partial charge in [0.05, 0.1) is 23.6 Å². The lowest BCUT2D eigenvalue weighted by Gasteiger charge is -2.35. The van der Waals surface area contributed by atoms with Gasteiger partial charge in [-0.15, -0.1) is 11.3 Å². The van der Waals surface area contributed by atoms with Crippen LogP contribution in [0.25, 0.3) is 26.9 Å². The van der Waals surface area contributed by atoms with Crippen molar-refractivity contribution in [3.8, 4) is 11.3 Å². The lowest BCUT2D eigenvalue weighted by Crippen LogP contribution is -2.46. The second-order valence-corrected chi connectivity index (χ2v) is 8.64. The van der Waals surface area contributed by atoms with Crippen LogP contribution in [0.4, 0.5) is 5.82 Å². The van der Waals surface area contributed by atoms with Gasteiger partial charge in [-0.05, 0) is 47.0 Å². The number of aromatic nitrogens is 1. The quantitative estimate of drug-likeness (QED) is 0.617. The van der Waals surface area contributed by atoms with Crippen molar-refractivity contribution in [3.63, 3.8) is 0 Å². The highest BCUT2D eigenvalue weighted by atomic mass is 32.1. The van der Waals surface area contributed by atoms with E-state index in [1.54, 1.807) is 11.3 Å². The smallest absolute Gasteiger partial charge is 0.147 e. The predicted octanol–water partition coefficient (Wildman–Crippen LogP) is 4.91. The zero-order chi connectivity index (χ0) is 19.6. The first-order valence-corrected chi connectivity index (χ1v) is 11.4. The highest BCUT2D eigenvalue weighted by molar-refractivity contribution is 7.17. The average Bonchev–Trinajstić information content (AvgIpc) is 3.28. The highest BCUT2D eigenvalue weighted by Crippen LogP contribution is 2.34. The predicted molar refractivity (Wildman–Crippen MR) is 123 cm³/mol. The van der Waals surface area contributed by atoms with Crippen molar-refractivity contribution in [2.45, 2.75) is 13.3 Å². The van der Waals surface area contributed by atoms with Crippen LogP contribution in [-0.4, -0.2) is 55.8 Å². The molecule has 0 atom stereocenters. The average molecular weight is 406 g/mol. The largest absolute Gasteiger partial charge is 0.377 e. The number of piperazine rings is 1. The first kappa shape index (κ1) is 18.8. The van der Waals surface area contributed by atoms with Crippen LogP contribution in [0.2, 0.25) is 0 Å². The highest BCUT2D eigenvalue weighted by Gasteiger charge is 2.20. The molecule has 0 N–H and O–H groups in total. The monoisotopic (exact) mass is 405 g/mol. The van der Waals surface area contributed by atoms with E-state index < -0.39 is 0 Å². The Hall–Kier alpha value is -2.21. The standard InChI is InChI=1S/C24H27N3OS/c1-2-26-10-12-27(13-11-26)24-23-21(9-16-29-23)17-22(25-24)20-5-3-18(4-6-20)19-7-14-28-15-8-19/h3-7,9,16-17H,2,8,10-15H2,1H3. The fourth-order valence-electron chi connectivity index (χ4n) is 4.24. The Morgan fingerprint density at radius 3 is 2.55 bits per heavy atom. The van der Waals surface area contributed by atoms with E-state index in [9.17, 15) is 0 Å². The van der Waals surface area contributed by atoms with Crippen LogP contribution in [0.1, 0.15) is 18.9 Å². The van der Waals surface area contributed by atoms with Gasteiger partial charge in [-0.25, -0.2) is 4.98 Å². The minimum atomic E-state index is 0.724. The first-order valence-electron chi connectivity index (χ1n) is 10.5. The third-order valence-electron chi connectivity index (χ3n) is 6.05. The molecule has 4 nitrogen and oxygen atoms in total. The van der Waals surface area contributed by atoms with Gasteiger partial charge in [-0.1, -0.05) is 37.3 Å². The molecule has 150 valence electrons. The SMILES string of the molecule is CCN1CCN(c2nc(-c3ccc(C4=CCOCC4)cc3)cc3ccsc23)CC1. The molecular weight excluding hydrogens is 378 g/mol. The van der Waals surface area contributed by atoms with E-state index in [2.05, 4.69) is 64.6 Å². The van der Waals surface area contributed by atoms with Gasteiger partial charge >= 0.3 is 0 Å². The molecule has 3 aromatic rings. The Bertz CT molecular complexity index is 1020. The summed E-state index contributed by atoms with van der Waals surface area (Å²) in [6.07, 6.45) is 3.19. The van der Waals surface area contributed by atoms with Gasteiger partial charge in [-0.3, -0.25) is 0 Å². The second-order valence-electron chi connectivity index (χ2n) is 7.72. The lowest BCUT2D eigenvalue weighted by molar-refractivity contribution is 0.161. The zero-order valence-corrected chi connectivity index (χ0v) is 17.8. The normalized spacial score (nSPS) is 18.2. The number of thiophene rings is 1. The number of fused-ring (bicyclic) bond motifs is 1. The van der Waals surface area contributed by atoms with Crippen LogP contribution in [0, 0.1) is 0 Å². The minimum Gasteiger partial charge on any atom is -0.377 e. The molecule has 1 saturated heterocycles. The lowest BCUT2D eigenvalue weighted by atomic mass is 9.99. The van der Waals surface area contributed by atoms with Gasteiger partial charge < -0.3 is 14.5 Å². The maximum absolute atomic E-state index is 5.44. The molecule has 0 bridgehead atoms. The van der Waals surface area contributed by atoms with Crippen LogP contribution >= 0.6 is 11.3 Å². The summed E-state index contributed by atoms with van der Waals surface area (Å²) in [6, 6.07) is 13.3. The molecule has 0 saturated carbocycles. The number of pyridine rings is 1. The van der Waals surface area contributed by atoms with E-state index in [0.29, 0.717) is 0 Å². The molecule has 5 heteroatoms. The molecule has 29 heavy (non-hydrogen) atoms. The summed E-state index contributed by atoms with van der Waals surface area (Å²) in [5, 5.41) is 3.48. The molecular formula is C24H27N3OS. The Kier molecular flexibility index (Phi) is 5.36. The first-order chi connectivity index (χ1) is 14.3. The van der Waals surface area contributed by atoms with E-state index >= 15 is 0 Å². The number of rotatable bonds is 4. The third-order valence-corrected chi connectivity index (χ3v) is 6.98. The van der Waals surface area contributed by atoms with Gasteiger partial charge in [0.15, 0.2) is 0 Å². The number of hydrogen-bond acceptors (Lipinski definition) is 5. The van der Waals surface area contributed by atoms with Gasteiger partial charge in [-0.2, -0.15) is 0 Å². The number of nitrogens with zero attached hydrogens (tertiary/aromatic N) is 3. The van der Waals surface area contributed by atoms with Crippen molar-refractivity contribution in [1.29, 1.82) is 0 Å². The summed E-state index contributed by atoms with van der Waals surface area (Å²) in [7, 11) is 0. The van der Waals surface area contributed by atoms with E-state index in [1.165, 1.54) is 26.8 Å². The molecule has 2 aliphatic rings. The van der Waals surface area contributed by atoms with Crippen molar-refractivity contribution in [2.24, 2.45) is 0 Å². The zero-order valence-electron chi connectivity index (χ0n) is 16.9. The molecule has 5 rings (SSSR count). The molecule has 0 aliphatic carbocycles. The van der Waals surface area contributed by atoms with E-state index in [4.69, 9.17) is 9.72 Å². The summed E-state index contributed by atoms with van der Waals surface area (Å²) in [5.41, 5.74) is 4.93. The van der Waals surface area contributed by atoms with E-state index in [1.807, 2.05) is 0 Å². The number of ether oxygens (including phenoxy) is 1. The van der Waals surface area contributed by atoms with Crippen LogP contribution in [-0.2, 0) is 4.74 Å². The third kappa shape index (κ3) is 3.82. The minimum absolute atomic E-state index is 0.724. The molecule has 0 amide bonds. The summed E-state index contributed by atoms with van der Waals surface area (Å²) >= 11 is 1.80.